The predicted molar refractivity (Wildman–Crippen MR) is 84.7 cm³/mol. The van der Waals surface area contributed by atoms with Crippen molar-refractivity contribution in [3.05, 3.63) is 54.2 Å². The van der Waals surface area contributed by atoms with Gasteiger partial charge in [-0.15, -0.1) is 0 Å². The highest BCUT2D eigenvalue weighted by molar-refractivity contribution is 5.08. The number of furan rings is 1. The Morgan fingerprint density at radius 1 is 1.30 bits per heavy atom. The van der Waals surface area contributed by atoms with Gasteiger partial charge in [-0.05, 0) is 36.6 Å². The lowest BCUT2D eigenvalue weighted by Gasteiger charge is -2.32. The van der Waals surface area contributed by atoms with Crippen LogP contribution in [0.15, 0.2) is 47.3 Å². The van der Waals surface area contributed by atoms with E-state index in [1.807, 2.05) is 30.5 Å². The highest BCUT2D eigenvalue weighted by Gasteiger charge is 2.44. The molecule has 4 rings (SSSR count). The molecule has 0 aliphatic carbocycles. The lowest BCUT2D eigenvalue weighted by atomic mass is 10.0. The molecular weight excluding hydrogens is 292 g/mol. The van der Waals surface area contributed by atoms with Crippen molar-refractivity contribution in [1.29, 1.82) is 0 Å². The van der Waals surface area contributed by atoms with Gasteiger partial charge in [-0.2, -0.15) is 0 Å². The predicted octanol–water partition coefficient (Wildman–Crippen LogP) is 2.62. The summed E-state index contributed by atoms with van der Waals surface area (Å²) >= 11 is 0. The first-order valence-corrected chi connectivity index (χ1v) is 8.29. The Morgan fingerprint density at radius 2 is 2.30 bits per heavy atom. The van der Waals surface area contributed by atoms with Crippen LogP contribution in [0.3, 0.4) is 0 Å². The van der Waals surface area contributed by atoms with E-state index in [0.29, 0.717) is 12.6 Å². The number of ether oxygens (including phenoxy) is 2. The highest BCUT2D eigenvalue weighted by Crippen LogP contribution is 2.32. The van der Waals surface area contributed by atoms with Crippen molar-refractivity contribution in [2.45, 2.75) is 44.2 Å². The van der Waals surface area contributed by atoms with E-state index in [1.54, 1.807) is 12.5 Å². The third-order valence-electron chi connectivity index (χ3n) is 4.71. The molecule has 0 spiro atoms. The average Bonchev–Trinajstić information content (AvgIpc) is 3.23. The van der Waals surface area contributed by atoms with Crippen molar-refractivity contribution >= 4 is 0 Å². The number of hydrogen-bond acceptors (Lipinski definition) is 5. The maximum absolute atomic E-state index is 6.17. The first kappa shape index (κ1) is 14.9. The van der Waals surface area contributed by atoms with Crippen LogP contribution < -0.4 is 0 Å². The van der Waals surface area contributed by atoms with E-state index in [1.165, 1.54) is 0 Å². The molecular formula is C18H22N2O3. The number of fused-ring (bicyclic) bond motifs is 1. The van der Waals surface area contributed by atoms with E-state index in [9.17, 15) is 0 Å². The Hall–Kier alpha value is -1.69. The summed E-state index contributed by atoms with van der Waals surface area (Å²) < 4.78 is 17.7. The van der Waals surface area contributed by atoms with Gasteiger partial charge in [0.15, 0.2) is 0 Å². The minimum absolute atomic E-state index is 0.107. The fourth-order valence-corrected chi connectivity index (χ4v) is 3.62. The highest BCUT2D eigenvalue weighted by atomic mass is 16.5. The summed E-state index contributed by atoms with van der Waals surface area (Å²) in [7, 11) is 0. The first-order chi connectivity index (χ1) is 11.4. The van der Waals surface area contributed by atoms with Gasteiger partial charge in [-0.25, -0.2) is 0 Å². The van der Waals surface area contributed by atoms with Crippen LogP contribution in [0.2, 0.25) is 0 Å². The van der Waals surface area contributed by atoms with Crippen molar-refractivity contribution in [3.8, 4) is 0 Å². The topological polar surface area (TPSA) is 47.7 Å². The Morgan fingerprint density at radius 3 is 3.13 bits per heavy atom. The summed E-state index contributed by atoms with van der Waals surface area (Å²) in [4.78, 5) is 6.58. The second-order valence-electron chi connectivity index (χ2n) is 6.26. The first-order valence-electron chi connectivity index (χ1n) is 8.29. The van der Waals surface area contributed by atoms with Gasteiger partial charge in [0.25, 0.3) is 0 Å². The number of pyridine rings is 1. The molecule has 0 bridgehead atoms. The van der Waals surface area contributed by atoms with Gasteiger partial charge in [0.05, 0.1) is 25.5 Å². The molecule has 0 saturated carbocycles. The molecule has 0 unspecified atom stereocenters. The molecule has 23 heavy (non-hydrogen) atoms. The zero-order chi connectivity index (χ0) is 15.5. The van der Waals surface area contributed by atoms with Crippen LogP contribution in [0.5, 0.6) is 0 Å². The van der Waals surface area contributed by atoms with E-state index in [4.69, 9.17) is 13.9 Å². The zero-order valence-corrected chi connectivity index (χ0v) is 13.1. The van der Waals surface area contributed by atoms with Crippen molar-refractivity contribution in [2.75, 3.05) is 13.2 Å². The van der Waals surface area contributed by atoms with Gasteiger partial charge in [0.2, 0.25) is 0 Å². The molecule has 3 atom stereocenters. The van der Waals surface area contributed by atoms with E-state index in [0.717, 1.165) is 43.9 Å². The molecule has 2 aromatic rings. The van der Waals surface area contributed by atoms with Gasteiger partial charge in [-0.3, -0.25) is 9.88 Å². The van der Waals surface area contributed by atoms with Crippen LogP contribution in [0.25, 0.3) is 0 Å². The summed E-state index contributed by atoms with van der Waals surface area (Å²) in [6.07, 6.45) is 7.92. The molecule has 122 valence electrons. The van der Waals surface area contributed by atoms with Crippen molar-refractivity contribution in [1.82, 2.24) is 9.88 Å². The molecule has 2 saturated heterocycles. The smallest absolute Gasteiger partial charge is 0.117 e. The largest absolute Gasteiger partial charge is 0.468 e. The molecule has 2 aromatic heterocycles. The molecule has 4 heterocycles. The van der Waals surface area contributed by atoms with Crippen LogP contribution in [0.4, 0.5) is 0 Å². The van der Waals surface area contributed by atoms with Gasteiger partial charge in [0.1, 0.15) is 11.9 Å². The Balaban J connectivity index is 1.42. The molecule has 0 radical (unpaired) electrons. The number of likely N-dealkylation sites (tertiary alicyclic amines) is 1. The van der Waals surface area contributed by atoms with Crippen molar-refractivity contribution < 1.29 is 13.9 Å². The molecule has 2 fully saturated rings. The van der Waals surface area contributed by atoms with Crippen LogP contribution in [0.1, 0.15) is 24.2 Å². The van der Waals surface area contributed by atoms with Crippen LogP contribution in [-0.4, -0.2) is 41.3 Å². The van der Waals surface area contributed by atoms with Crippen LogP contribution >= 0.6 is 0 Å². The zero-order valence-electron chi connectivity index (χ0n) is 13.1. The lowest BCUT2D eigenvalue weighted by Crippen LogP contribution is -2.41. The minimum Gasteiger partial charge on any atom is -0.468 e. The summed E-state index contributed by atoms with van der Waals surface area (Å²) in [5.74, 6) is 1.00. The summed E-state index contributed by atoms with van der Waals surface area (Å²) in [6, 6.07) is 8.38. The van der Waals surface area contributed by atoms with E-state index in [-0.39, 0.29) is 12.2 Å². The molecule has 0 amide bonds. The standard InChI is InChI=1S/C18H22N2O3/c1-4-14(10-19-7-1)13-23-17-12-20(11-15-5-2-8-21-15)16-6-3-9-22-18(16)17/h1-2,4-5,7-8,10,16-18H,3,6,9,11-13H2/t16-,17+,18+/m1/s1. The SMILES string of the molecule is c1cncc(CO[C@H]2CN(Cc3ccco3)[C@@H]3CCCO[C@H]23)c1. The Labute approximate surface area is 136 Å². The maximum atomic E-state index is 6.17. The second kappa shape index (κ2) is 6.83. The quantitative estimate of drug-likeness (QED) is 0.849. The number of aromatic nitrogens is 1. The third-order valence-corrected chi connectivity index (χ3v) is 4.71. The summed E-state index contributed by atoms with van der Waals surface area (Å²) in [5, 5.41) is 0. The van der Waals surface area contributed by atoms with Crippen molar-refractivity contribution in [2.24, 2.45) is 0 Å². The van der Waals surface area contributed by atoms with Gasteiger partial charge in [-0.1, -0.05) is 6.07 Å². The Bertz CT molecular complexity index is 602. The molecule has 2 aliphatic heterocycles. The van der Waals surface area contributed by atoms with E-state index < -0.39 is 0 Å². The summed E-state index contributed by atoms with van der Waals surface area (Å²) in [6.45, 7) is 3.13. The molecule has 0 N–H and O–H groups in total. The van der Waals surface area contributed by atoms with E-state index >= 15 is 0 Å². The fraction of sp³-hybridized carbons (Fsp3) is 0.500. The Kier molecular flexibility index (Phi) is 4.41. The summed E-state index contributed by atoms with van der Waals surface area (Å²) in [5.41, 5.74) is 1.10. The van der Waals surface area contributed by atoms with Crippen LogP contribution in [-0.2, 0) is 22.6 Å². The molecule has 5 nitrogen and oxygen atoms in total. The number of hydrogen-bond donors (Lipinski definition) is 0. The number of nitrogens with zero attached hydrogens (tertiary/aromatic N) is 2. The van der Waals surface area contributed by atoms with Gasteiger partial charge in [0, 0.05) is 31.6 Å². The third kappa shape index (κ3) is 3.32. The minimum atomic E-state index is 0.107. The normalized spacial score (nSPS) is 27.9. The molecule has 2 aliphatic rings. The molecule has 5 heteroatoms. The monoisotopic (exact) mass is 314 g/mol. The average molecular weight is 314 g/mol. The maximum Gasteiger partial charge on any atom is 0.117 e. The second-order valence-corrected chi connectivity index (χ2v) is 6.26. The van der Waals surface area contributed by atoms with E-state index in [2.05, 4.69) is 9.88 Å². The van der Waals surface area contributed by atoms with Crippen LogP contribution in [0, 0.1) is 0 Å². The lowest BCUT2D eigenvalue weighted by molar-refractivity contribution is -0.0820. The number of rotatable bonds is 5. The van der Waals surface area contributed by atoms with Gasteiger partial charge >= 0.3 is 0 Å². The molecule has 0 aromatic carbocycles. The van der Waals surface area contributed by atoms with Gasteiger partial charge < -0.3 is 13.9 Å². The fourth-order valence-electron chi connectivity index (χ4n) is 3.62. The van der Waals surface area contributed by atoms with Crippen molar-refractivity contribution in [3.63, 3.8) is 0 Å².